The molecule has 1 aliphatic heterocycles. The van der Waals surface area contributed by atoms with Gasteiger partial charge in [-0.25, -0.2) is 15.0 Å². The molecule has 9 aromatic carbocycles. The second-order valence-corrected chi connectivity index (χ2v) is 16.7. The molecule has 0 saturated carbocycles. The lowest BCUT2D eigenvalue weighted by Gasteiger charge is -2.45. The van der Waals surface area contributed by atoms with Crippen LogP contribution in [0.3, 0.4) is 0 Å². The number of nitrogens with zero attached hydrogens (tertiary/aromatic N) is 4. The number of pyridine rings is 1. The Bertz CT molecular complexity index is 3500. The van der Waals surface area contributed by atoms with Gasteiger partial charge < -0.3 is 4.90 Å². The Balaban J connectivity index is 1.09. The highest BCUT2D eigenvalue weighted by Crippen LogP contribution is 2.64. The van der Waals surface area contributed by atoms with Gasteiger partial charge in [-0.05, 0) is 87.3 Å². The zero-order chi connectivity index (χ0) is 42.2. The van der Waals surface area contributed by atoms with E-state index < -0.39 is 5.41 Å². The number of rotatable bonds is 5. The lowest BCUT2D eigenvalue weighted by molar-refractivity contribution is 0.753. The maximum absolute atomic E-state index is 5.57. The predicted molar refractivity (Wildman–Crippen MR) is 262 cm³/mol. The van der Waals surface area contributed by atoms with Crippen LogP contribution in [0.1, 0.15) is 22.3 Å². The number of hydrogen-bond acceptors (Lipinski definition) is 4. The molecule has 2 aliphatic rings. The van der Waals surface area contributed by atoms with E-state index in [9.17, 15) is 0 Å². The van der Waals surface area contributed by atoms with Crippen LogP contribution >= 0.6 is 0 Å². The van der Waals surface area contributed by atoms with Crippen LogP contribution in [0.5, 0.6) is 0 Å². The monoisotopic (exact) mass is 814 g/mol. The quantitative estimate of drug-likeness (QED) is 0.162. The first-order chi connectivity index (χ1) is 31.7. The van der Waals surface area contributed by atoms with Crippen LogP contribution in [0.25, 0.3) is 78.0 Å². The lowest BCUT2D eigenvalue weighted by atomic mass is 9.64. The number of fused-ring (bicyclic) bond motifs is 12. The molecule has 0 bridgehead atoms. The molecule has 64 heavy (non-hydrogen) atoms. The summed E-state index contributed by atoms with van der Waals surface area (Å²) in [6.07, 6.45) is 0. The van der Waals surface area contributed by atoms with Crippen molar-refractivity contribution in [3.63, 3.8) is 0 Å². The van der Waals surface area contributed by atoms with E-state index in [2.05, 4.69) is 211 Å². The van der Waals surface area contributed by atoms with Gasteiger partial charge in [-0.15, -0.1) is 0 Å². The summed E-state index contributed by atoms with van der Waals surface area (Å²) in [5, 5.41) is 3.38. The molecule has 2 aromatic heterocycles. The van der Waals surface area contributed by atoms with Gasteiger partial charge in [0.2, 0.25) is 0 Å². The molecule has 11 aromatic rings. The van der Waals surface area contributed by atoms with Crippen molar-refractivity contribution in [3.8, 4) is 56.3 Å². The third-order valence-electron chi connectivity index (χ3n) is 13.2. The van der Waals surface area contributed by atoms with Gasteiger partial charge in [-0.2, -0.15) is 0 Å². The molecule has 13 rings (SSSR count). The van der Waals surface area contributed by atoms with Crippen molar-refractivity contribution in [1.29, 1.82) is 0 Å². The first-order valence-electron chi connectivity index (χ1n) is 21.9. The van der Waals surface area contributed by atoms with Crippen molar-refractivity contribution >= 4 is 38.7 Å². The standard InChI is InChI=1S/C60H38N4/c1-5-19-39(20-6-1)53-38-54(63-59(62-53)41-23-9-3-10-24-41)42-33-34-45-46-37-52-47(36-48(46)58(61-55(45)35-42)40-21-7-2-8-22-40)44-27-13-14-28-49(44)60(52)50-29-15-17-31-56(50)64(43-25-11-4-12-26-43)57-32-18-16-30-51(57)60/h1-38H. The Morgan fingerprint density at radius 1 is 0.328 bits per heavy atom. The van der Waals surface area contributed by atoms with Gasteiger partial charge in [-0.3, -0.25) is 0 Å². The van der Waals surface area contributed by atoms with Gasteiger partial charge in [0.1, 0.15) is 0 Å². The SMILES string of the molecule is c1ccc(-c2cc(-c3ccc4c(c3)nc(-c3ccccc3)c3cc5c(cc34)C3(c4ccccc4-5)c4ccccc4N(c4ccccc4)c4ccccc43)nc(-c3ccccc3)n2)cc1. The molecule has 0 N–H and O–H groups in total. The first-order valence-corrected chi connectivity index (χ1v) is 21.9. The first kappa shape index (κ1) is 36.2. The van der Waals surface area contributed by atoms with Crippen molar-refractivity contribution in [2.24, 2.45) is 0 Å². The molecule has 4 nitrogen and oxygen atoms in total. The summed E-state index contributed by atoms with van der Waals surface area (Å²) in [6.45, 7) is 0. The van der Waals surface area contributed by atoms with Gasteiger partial charge in [-0.1, -0.05) is 182 Å². The van der Waals surface area contributed by atoms with E-state index in [-0.39, 0.29) is 0 Å². The number of aromatic nitrogens is 3. The Labute approximate surface area is 371 Å². The van der Waals surface area contributed by atoms with Crippen LogP contribution in [0.15, 0.2) is 231 Å². The van der Waals surface area contributed by atoms with Crippen LogP contribution < -0.4 is 4.90 Å². The van der Waals surface area contributed by atoms with E-state index in [1.54, 1.807) is 0 Å². The average molecular weight is 815 g/mol. The van der Waals surface area contributed by atoms with Gasteiger partial charge >= 0.3 is 0 Å². The summed E-state index contributed by atoms with van der Waals surface area (Å²) in [4.78, 5) is 18.3. The second-order valence-electron chi connectivity index (χ2n) is 16.7. The smallest absolute Gasteiger partial charge is 0.160 e. The minimum absolute atomic E-state index is 0.580. The number of benzene rings is 9. The van der Waals surface area contributed by atoms with Crippen molar-refractivity contribution in [2.75, 3.05) is 4.90 Å². The Hall–Kier alpha value is -8.47. The minimum atomic E-state index is -0.580. The van der Waals surface area contributed by atoms with Crippen LogP contribution in [0.4, 0.5) is 17.1 Å². The zero-order valence-electron chi connectivity index (χ0n) is 34.7. The molecule has 3 heterocycles. The molecule has 0 amide bonds. The fourth-order valence-electron chi connectivity index (χ4n) is 10.5. The molecule has 0 atom stereocenters. The molecule has 0 radical (unpaired) electrons. The van der Waals surface area contributed by atoms with Crippen LogP contribution in [0.2, 0.25) is 0 Å². The predicted octanol–water partition coefficient (Wildman–Crippen LogP) is 15.0. The molecule has 0 unspecified atom stereocenters. The lowest BCUT2D eigenvalue weighted by Crippen LogP contribution is -2.36. The fraction of sp³-hybridized carbons (Fsp3) is 0.0167. The van der Waals surface area contributed by atoms with Crippen molar-refractivity contribution in [3.05, 3.63) is 253 Å². The third kappa shape index (κ3) is 5.39. The van der Waals surface area contributed by atoms with Crippen molar-refractivity contribution < 1.29 is 0 Å². The Morgan fingerprint density at radius 2 is 0.875 bits per heavy atom. The largest absolute Gasteiger partial charge is 0.310 e. The molecule has 4 heteroatoms. The van der Waals surface area contributed by atoms with Gasteiger partial charge in [0.25, 0.3) is 0 Å². The number of anilines is 3. The van der Waals surface area contributed by atoms with Crippen LogP contribution in [-0.4, -0.2) is 15.0 Å². The summed E-state index contributed by atoms with van der Waals surface area (Å²) in [6, 6.07) is 82.7. The van der Waals surface area contributed by atoms with E-state index in [4.69, 9.17) is 15.0 Å². The van der Waals surface area contributed by atoms with E-state index in [1.807, 2.05) is 24.3 Å². The highest BCUT2D eigenvalue weighted by Gasteiger charge is 2.51. The summed E-state index contributed by atoms with van der Waals surface area (Å²) in [7, 11) is 0. The maximum Gasteiger partial charge on any atom is 0.160 e. The topological polar surface area (TPSA) is 41.9 Å². The van der Waals surface area contributed by atoms with E-state index in [0.717, 1.165) is 61.3 Å². The van der Waals surface area contributed by atoms with Gasteiger partial charge in [0.05, 0.1) is 39.4 Å². The minimum Gasteiger partial charge on any atom is -0.310 e. The summed E-state index contributed by atoms with van der Waals surface area (Å²) in [5.74, 6) is 0.688. The Morgan fingerprint density at radius 3 is 1.55 bits per heavy atom. The molecular formula is C60H38N4. The molecule has 0 saturated heterocycles. The summed E-state index contributed by atoms with van der Waals surface area (Å²) >= 11 is 0. The fourth-order valence-corrected chi connectivity index (χ4v) is 10.5. The van der Waals surface area contributed by atoms with Crippen molar-refractivity contribution in [2.45, 2.75) is 5.41 Å². The van der Waals surface area contributed by atoms with E-state index in [0.29, 0.717) is 5.82 Å². The van der Waals surface area contributed by atoms with Crippen molar-refractivity contribution in [1.82, 2.24) is 15.0 Å². The van der Waals surface area contributed by atoms with E-state index >= 15 is 0 Å². The van der Waals surface area contributed by atoms with Crippen LogP contribution in [-0.2, 0) is 5.41 Å². The van der Waals surface area contributed by atoms with E-state index in [1.165, 1.54) is 50.1 Å². The zero-order valence-corrected chi connectivity index (χ0v) is 34.7. The van der Waals surface area contributed by atoms with Gasteiger partial charge in [0, 0.05) is 38.7 Å². The number of para-hydroxylation sites is 3. The van der Waals surface area contributed by atoms with Crippen LogP contribution in [0, 0.1) is 0 Å². The summed E-state index contributed by atoms with van der Waals surface area (Å²) < 4.78 is 0. The maximum atomic E-state index is 5.57. The average Bonchev–Trinajstić information content (AvgIpc) is 3.66. The molecule has 298 valence electrons. The second kappa shape index (κ2) is 14.3. The Kier molecular flexibility index (Phi) is 8.09. The molecule has 0 fully saturated rings. The highest BCUT2D eigenvalue weighted by molar-refractivity contribution is 6.14. The normalized spacial score (nSPS) is 13.1. The molecular weight excluding hydrogens is 777 g/mol. The molecule has 1 aliphatic carbocycles. The summed E-state index contributed by atoms with van der Waals surface area (Å²) in [5.41, 5.74) is 18.2. The third-order valence-corrected chi connectivity index (χ3v) is 13.2. The van der Waals surface area contributed by atoms with Gasteiger partial charge in [0.15, 0.2) is 5.82 Å². The molecule has 1 spiro atoms. The number of hydrogen-bond donors (Lipinski definition) is 0. The highest BCUT2D eigenvalue weighted by atomic mass is 15.2.